The highest BCUT2D eigenvalue weighted by Gasteiger charge is 2.07. The fourth-order valence-electron chi connectivity index (χ4n) is 1.56. The standard InChI is InChI=1S/C13H12Cl2N2O2/c1-9-4-2-3-5-11(9)19-7-6-17-13(18)12(15)10(14)8-16-17/h2-5,8H,6-7H2,1H3. The van der Waals surface area contributed by atoms with Gasteiger partial charge in [-0.15, -0.1) is 0 Å². The fourth-order valence-corrected chi connectivity index (χ4v) is 1.84. The molecule has 0 bridgehead atoms. The van der Waals surface area contributed by atoms with Crippen molar-refractivity contribution in [1.29, 1.82) is 0 Å². The first kappa shape index (κ1) is 13.9. The number of nitrogens with zero attached hydrogens (tertiary/aromatic N) is 2. The van der Waals surface area contributed by atoms with Crippen LogP contribution in [0.15, 0.2) is 35.3 Å². The lowest BCUT2D eigenvalue weighted by molar-refractivity contribution is 0.286. The average Bonchev–Trinajstić information content (AvgIpc) is 2.41. The van der Waals surface area contributed by atoms with Crippen LogP contribution in [0.1, 0.15) is 5.56 Å². The molecule has 0 amide bonds. The Balaban J connectivity index is 2.03. The second-order valence-corrected chi connectivity index (χ2v) is 4.73. The molecule has 1 aromatic heterocycles. The summed E-state index contributed by atoms with van der Waals surface area (Å²) in [4.78, 5) is 11.7. The van der Waals surface area contributed by atoms with Crippen molar-refractivity contribution < 1.29 is 4.74 Å². The van der Waals surface area contributed by atoms with Crippen LogP contribution in [0.3, 0.4) is 0 Å². The summed E-state index contributed by atoms with van der Waals surface area (Å²) in [7, 11) is 0. The van der Waals surface area contributed by atoms with Crippen molar-refractivity contribution in [3.63, 3.8) is 0 Å². The third kappa shape index (κ3) is 3.28. The topological polar surface area (TPSA) is 44.1 Å². The molecule has 0 spiro atoms. The van der Waals surface area contributed by atoms with Gasteiger partial charge in [0, 0.05) is 0 Å². The molecule has 2 aromatic rings. The van der Waals surface area contributed by atoms with Gasteiger partial charge in [0.05, 0.1) is 17.8 Å². The summed E-state index contributed by atoms with van der Waals surface area (Å²) in [5.74, 6) is 0.788. The summed E-state index contributed by atoms with van der Waals surface area (Å²) in [5, 5.41) is 4.03. The lowest BCUT2D eigenvalue weighted by atomic mass is 10.2. The molecule has 0 aliphatic heterocycles. The number of aromatic nitrogens is 2. The molecule has 0 aliphatic carbocycles. The normalized spacial score (nSPS) is 10.5. The van der Waals surface area contributed by atoms with Gasteiger partial charge in [-0.05, 0) is 18.6 Å². The average molecular weight is 299 g/mol. The van der Waals surface area contributed by atoms with Gasteiger partial charge in [0.25, 0.3) is 5.56 Å². The van der Waals surface area contributed by atoms with Gasteiger partial charge < -0.3 is 4.74 Å². The number of hydrogen-bond acceptors (Lipinski definition) is 3. The molecule has 0 aliphatic rings. The zero-order chi connectivity index (χ0) is 13.8. The Kier molecular flexibility index (Phi) is 4.45. The van der Waals surface area contributed by atoms with E-state index in [1.54, 1.807) is 0 Å². The predicted molar refractivity (Wildman–Crippen MR) is 75.2 cm³/mol. The largest absolute Gasteiger partial charge is 0.491 e. The Labute approximate surface area is 120 Å². The second-order valence-electron chi connectivity index (χ2n) is 3.95. The van der Waals surface area contributed by atoms with Crippen molar-refractivity contribution in [2.75, 3.05) is 6.61 Å². The maximum atomic E-state index is 11.7. The molecule has 1 heterocycles. The minimum absolute atomic E-state index is 0.0208. The van der Waals surface area contributed by atoms with E-state index in [9.17, 15) is 4.79 Å². The smallest absolute Gasteiger partial charge is 0.287 e. The third-order valence-corrected chi connectivity index (χ3v) is 3.35. The van der Waals surface area contributed by atoms with E-state index in [-0.39, 0.29) is 10.0 Å². The maximum absolute atomic E-state index is 11.7. The molecule has 0 unspecified atom stereocenters. The van der Waals surface area contributed by atoms with Gasteiger partial charge >= 0.3 is 0 Å². The number of ether oxygens (including phenoxy) is 1. The summed E-state index contributed by atoms with van der Waals surface area (Å²) in [6.45, 7) is 2.60. The number of benzene rings is 1. The summed E-state index contributed by atoms with van der Waals surface area (Å²) >= 11 is 11.5. The molecule has 6 heteroatoms. The molecule has 0 radical (unpaired) electrons. The molecular weight excluding hydrogens is 287 g/mol. The van der Waals surface area contributed by atoms with E-state index in [4.69, 9.17) is 27.9 Å². The van der Waals surface area contributed by atoms with Crippen molar-refractivity contribution in [1.82, 2.24) is 9.78 Å². The summed E-state index contributed by atoms with van der Waals surface area (Å²) in [6, 6.07) is 7.67. The van der Waals surface area contributed by atoms with Crippen molar-refractivity contribution in [3.05, 3.63) is 56.4 Å². The van der Waals surface area contributed by atoms with Crippen molar-refractivity contribution in [3.8, 4) is 5.75 Å². The van der Waals surface area contributed by atoms with Crippen molar-refractivity contribution in [2.24, 2.45) is 0 Å². The SMILES string of the molecule is Cc1ccccc1OCCn1ncc(Cl)c(Cl)c1=O. The molecule has 2 rings (SSSR count). The van der Waals surface area contributed by atoms with Gasteiger partial charge in [-0.3, -0.25) is 4.79 Å². The first-order chi connectivity index (χ1) is 9.09. The van der Waals surface area contributed by atoms with Crippen LogP contribution < -0.4 is 10.3 Å². The Morgan fingerprint density at radius 1 is 1.32 bits per heavy atom. The first-order valence-electron chi connectivity index (χ1n) is 5.69. The zero-order valence-corrected chi connectivity index (χ0v) is 11.8. The van der Waals surface area contributed by atoms with Crippen LogP contribution in [0.4, 0.5) is 0 Å². The Morgan fingerprint density at radius 3 is 2.79 bits per heavy atom. The number of halogens is 2. The molecule has 100 valence electrons. The maximum Gasteiger partial charge on any atom is 0.287 e. The summed E-state index contributed by atoms with van der Waals surface area (Å²) < 4.78 is 6.82. The van der Waals surface area contributed by atoms with Gasteiger partial charge in [-0.25, -0.2) is 4.68 Å². The Morgan fingerprint density at radius 2 is 2.05 bits per heavy atom. The third-order valence-electron chi connectivity index (χ3n) is 2.60. The van der Waals surface area contributed by atoms with Gasteiger partial charge in [0.2, 0.25) is 0 Å². The van der Waals surface area contributed by atoms with Crippen LogP contribution in [0.2, 0.25) is 10.0 Å². The van der Waals surface area contributed by atoms with Crippen molar-refractivity contribution >= 4 is 23.2 Å². The van der Waals surface area contributed by atoms with Crippen LogP contribution in [-0.4, -0.2) is 16.4 Å². The van der Waals surface area contributed by atoms with Crippen LogP contribution in [0, 0.1) is 6.92 Å². The minimum Gasteiger partial charge on any atom is -0.491 e. The van der Waals surface area contributed by atoms with E-state index in [0.717, 1.165) is 11.3 Å². The highest BCUT2D eigenvalue weighted by molar-refractivity contribution is 6.41. The summed E-state index contributed by atoms with van der Waals surface area (Å²) in [6.07, 6.45) is 1.35. The molecular formula is C13H12Cl2N2O2. The fraction of sp³-hybridized carbons (Fsp3) is 0.231. The Hall–Kier alpha value is -1.52. The Bertz CT molecular complexity index is 641. The van der Waals surface area contributed by atoms with Gasteiger partial charge in [0.1, 0.15) is 17.4 Å². The van der Waals surface area contributed by atoms with E-state index in [0.29, 0.717) is 13.2 Å². The van der Waals surface area contributed by atoms with Gasteiger partial charge in [-0.2, -0.15) is 5.10 Å². The number of para-hydroxylation sites is 1. The van der Waals surface area contributed by atoms with E-state index in [1.165, 1.54) is 10.9 Å². The molecule has 19 heavy (non-hydrogen) atoms. The van der Waals surface area contributed by atoms with E-state index < -0.39 is 5.56 Å². The molecule has 1 aromatic carbocycles. The quantitative estimate of drug-likeness (QED) is 0.872. The van der Waals surface area contributed by atoms with E-state index >= 15 is 0 Å². The van der Waals surface area contributed by atoms with E-state index in [2.05, 4.69) is 5.10 Å². The minimum atomic E-state index is -0.414. The number of hydrogen-bond donors (Lipinski definition) is 0. The molecule has 0 saturated heterocycles. The molecule has 0 N–H and O–H groups in total. The van der Waals surface area contributed by atoms with Crippen molar-refractivity contribution in [2.45, 2.75) is 13.5 Å². The van der Waals surface area contributed by atoms with Crippen LogP contribution in [0.25, 0.3) is 0 Å². The molecule has 0 saturated carbocycles. The molecule has 4 nitrogen and oxygen atoms in total. The van der Waals surface area contributed by atoms with Crippen LogP contribution >= 0.6 is 23.2 Å². The van der Waals surface area contributed by atoms with Gasteiger partial charge in [0.15, 0.2) is 0 Å². The number of aryl methyl sites for hydroxylation is 1. The number of rotatable bonds is 4. The van der Waals surface area contributed by atoms with Crippen LogP contribution in [-0.2, 0) is 6.54 Å². The summed E-state index contributed by atoms with van der Waals surface area (Å²) in [5.41, 5.74) is 0.625. The first-order valence-corrected chi connectivity index (χ1v) is 6.44. The zero-order valence-electron chi connectivity index (χ0n) is 10.3. The lowest BCUT2D eigenvalue weighted by Crippen LogP contribution is -2.26. The highest BCUT2D eigenvalue weighted by Crippen LogP contribution is 2.16. The monoisotopic (exact) mass is 298 g/mol. The predicted octanol–water partition coefficient (Wildman–Crippen LogP) is 2.94. The molecule has 0 atom stereocenters. The van der Waals surface area contributed by atoms with Crippen LogP contribution in [0.5, 0.6) is 5.75 Å². The second kappa shape index (κ2) is 6.08. The highest BCUT2D eigenvalue weighted by atomic mass is 35.5. The molecule has 0 fully saturated rings. The lowest BCUT2D eigenvalue weighted by Gasteiger charge is -2.09. The van der Waals surface area contributed by atoms with E-state index in [1.807, 2.05) is 31.2 Å². The van der Waals surface area contributed by atoms with Gasteiger partial charge in [-0.1, -0.05) is 41.4 Å².